The fourth-order valence-corrected chi connectivity index (χ4v) is 11.2. The number of para-hydroxylation sites is 2. The van der Waals surface area contributed by atoms with Crippen molar-refractivity contribution in [3.63, 3.8) is 0 Å². The largest absolute Gasteiger partial charge is 0.456 e. The fourth-order valence-electron chi connectivity index (χ4n) is 11.2. The highest BCUT2D eigenvalue weighted by Crippen LogP contribution is 2.44. The molecule has 3 heterocycles. The van der Waals surface area contributed by atoms with Gasteiger partial charge in [0.15, 0.2) is 17.5 Å². The number of aromatic nitrogens is 4. The van der Waals surface area contributed by atoms with Gasteiger partial charge < -0.3 is 8.98 Å². The maximum Gasteiger partial charge on any atom is 0.164 e. The van der Waals surface area contributed by atoms with Crippen molar-refractivity contribution in [2.24, 2.45) is 0 Å². The summed E-state index contributed by atoms with van der Waals surface area (Å²) in [5.41, 5.74) is 9.84. The summed E-state index contributed by atoms with van der Waals surface area (Å²) in [7, 11) is 0. The molecule has 70 heavy (non-hydrogen) atoms. The molecule has 0 saturated carbocycles. The molecule has 0 aliphatic carbocycles. The SMILES string of the molecule is c1ccc2cc3c(cc2c1)c1ccccc1n3-c1ccc(-c2nc(-c3cccc4c3ccc3ccccc34)nc(-c3cccc4c3ccc3ccccc34)n2)cc1-c1cccc2oc3ccccc3c12. The van der Waals surface area contributed by atoms with Crippen molar-refractivity contribution in [3.8, 4) is 51.0 Å². The Hall–Kier alpha value is -9.45. The summed E-state index contributed by atoms with van der Waals surface area (Å²) in [4.78, 5) is 16.4. The quantitative estimate of drug-likeness (QED) is 0.162. The molecule has 0 aliphatic rings. The summed E-state index contributed by atoms with van der Waals surface area (Å²) in [6, 6.07) is 82.3. The number of furan rings is 1. The van der Waals surface area contributed by atoms with E-state index in [2.05, 4.69) is 229 Å². The summed E-state index contributed by atoms with van der Waals surface area (Å²) in [6.07, 6.45) is 0. The van der Waals surface area contributed by atoms with Crippen molar-refractivity contribution < 1.29 is 4.42 Å². The van der Waals surface area contributed by atoms with Crippen LogP contribution < -0.4 is 0 Å². The highest BCUT2D eigenvalue weighted by molar-refractivity contribution is 6.17. The van der Waals surface area contributed by atoms with Crippen LogP contribution in [-0.4, -0.2) is 19.5 Å². The molecule has 5 heteroatoms. The number of nitrogens with zero attached hydrogens (tertiary/aromatic N) is 4. The van der Waals surface area contributed by atoms with Gasteiger partial charge in [0, 0.05) is 43.8 Å². The molecular weight excluding hydrogens is 853 g/mol. The first-order chi connectivity index (χ1) is 34.7. The van der Waals surface area contributed by atoms with Gasteiger partial charge in [-0.2, -0.15) is 0 Å². The van der Waals surface area contributed by atoms with E-state index in [1.165, 1.54) is 43.1 Å². The zero-order valence-corrected chi connectivity index (χ0v) is 37.6. The van der Waals surface area contributed by atoms with E-state index >= 15 is 0 Å². The van der Waals surface area contributed by atoms with Gasteiger partial charge in [-0.05, 0) is 108 Å². The first-order valence-corrected chi connectivity index (χ1v) is 23.8. The molecule has 0 amide bonds. The van der Waals surface area contributed by atoms with Crippen LogP contribution in [0.4, 0.5) is 0 Å². The normalized spacial score (nSPS) is 12.0. The van der Waals surface area contributed by atoms with Crippen molar-refractivity contribution in [2.75, 3.05) is 0 Å². The van der Waals surface area contributed by atoms with Crippen LogP contribution >= 0.6 is 0 Å². The maximum atomic E-state index is 6.56. The Labute approximate surface area is 401 Å². The number of fused-ring (bicyclic) bond motifs is 13. The summed E-state index contributed by atoms with van der Waals surface area (Å²) >= 11 is 0. The van der Waals surface area contributed by atoms with Gasteiger partial charge in [-0.15, -0.1) is 0 Å². The second kappa shape index (κ2) is 15.0. The van der Waals surface area contributed by atoms with Crippen LogP contribution in [0.25, 0.3) is 149 Å². The van der Waals surface area contributed by atoms with E-state index in [1.807, 2.05) is 6.07 Å². The van der Waals surface area contributed by atoms with Gasteiger partial charge >= 0.3 is 0 Å². The van der Waals surface area contributed by atoms with Crippen LogP contribution in [0.5, 0.6) is 0 Å². The van der Waals surface area contributed by atoms with Crippen molar-refractivity contribution in [3.05, 3.63) is 231 Å². The minimum atomic E-state index is 0.584. The van der Waals surface area contributed by atoms with Gasteiger partial charge in [0.2, 0.25) is 0 Å². The lowest BCUT2D eigenvalue weighted by Gasteiger charge is -2.17. The maximum absolute atomic E-state index is 6.56. The van der Waals surface area contributed by atoms with Gasteiger partial charge in [-0.1, -0.05) is 182 Å². The molecule has 15 rings (SSSR count). The predicted molar refractivity (Wildman–Crippen MR) is 291 cm³/mol. The van der Waals surface area contributed by atoms with Gasteiger partial charge in [-0.25, -0.2) is 15.0 Å². The second-order valence-corrected chi connectivity index (χ2v) is 18.3. The monoisotopic (exact) mass is 890 g/mol. The highest BCUT2D eigenvalue weighted by Gasteiger charge is 2.23. The molecule has 15 aromatic rings. The minimum Gasteiger partial charge on any atom is -0.456 e. The summed E-state index contributed by atoms with van der Waals surface area (Å²) < 4.78 is 9.00. The molecule has 3 aromatic heterocycles. The topological polar surface area (TPSA) is 56.7 Å². The van der Waals surface area contributed by atoms with Crippen LogP contribution in [-0.2, 0) is 0 Å². The zero-order chi connectivity index (χ0) is 45.9. The Balaban J connectivity index is 1.03. The lowest BCUT2D eigenvalue weighted by atomic mass is 9.95. The summed E-state index contributed by atoms with van der Waals surface area (Å²) in [6.45, 7) is 0. The van der Waals surface area contributed by atoms with Crippen molar-refractivity contribution in [1.82, 2.24) is 19.5 Å². The Morgan fingerprint density at radius 2 is 0.814 bits per heavy atom. The molecular formula is C65H38N4O. The average molecular weight is 891 g/mol. The predicted octanol–water partition coefficient (Wildman–Crippen LogP) is 17.3. The average Bonchev–Trinajstić information content (AvgIpc) is 3.97. The molecule has 0 bridgehead atoms. The number of benzene rings is 12. The molecule has 0 spiro atoms. The van der Waals surface area contributed by atoms with Gasteiger partial charge in [-0.3, -0.25) is 0 Å². The Kier molecular flexibility index (Phi) is 8.29. The van der Waals surface area contributed by atoms with E-state index in [0.717, 1.165) is 88.0 Å². The van der Waals surface area contributed by atoms with E-state index in [9.17, 15) is 0 Å². The molecule has 324 valence electrons. The van der Waals surface area contributed by atoms with Gasteiger partial charge in [0.05, 0.1) is 16.7 Å². The second-order valence-electron chi connectivity index (χ2n) is 18.3. The molecule has 0 atom stereocenters. The summed E-state index contributed by atoms with van der Waals surface area (Å²) in [5.74, 6) is 1.81. The van der Waals surface area contributed by atoms with Crippen LogP contribution in [0.2, 0.25) is 0 Å². The number of rotatable bonds is 5. The third-order valence-electron chi connectivity index (χ3n) is 14.4. The van der Waals surface area contributed by atoms with E-state index in [4.69, 9.17) is 19.4 Å². The molecule has 0 unspecified atom stereocenters. The molecule has 0 N–H and O–H groups in total. The molecule has 12 aromatic carbocycles. The van der Waals surface area contributed by atoms with Crippen molar-refractivity contribution >= 4 is 97.6 Å². The smallest absolute Gasteiger partial charge is 0.164 e. The molecule has 0 aliphatic heterocycles. The molecule has 0 fully saturated rings. The first kappa shape index (κ1) is 38.6. The van der Waals surface area contributed by atoms with Crippen molar-refractivity contribution in [2.45, 2.75) is 0 Å². The van der Waals surface area contributed by atoms with Crippen LogP contribution in [0, 0.1) is 0 Å². The van der Waals surface area contributed by atoms with Crippen LogP contribution in [0.1, 0.15) is 0 Å². The summed E-state index contributed by atoms with van der Waals surface area (Å²) in [5, 5.41) is 16.2. The Bertz CT molecular complexity index is 4540. The lowest BCUT2D eigenvalue weighted by molar-refractivity contribution is 0.669. The molecule has 0 radical (unpaired) electrons. The van der Waals surface area contributed by atoms with E-state index in [1.54, 1.807) is 0 Å². The third-order valence-corrected chi connectivity index (χ3v) is 14.4. The van der Waals surface area contributed by atoms with Gasteiger partial charge in [0.25, 0.3) is 0 Å². The number of hydrogen-bond acceptors (Lipinski definition) is 4. The lowest BCUT2D eigenvalue weighted by Crippen LogP contribution is -2.02. The van der Waals surface area contributed by atoms with E-state index < -0.39 is 0 Å². The van der Waals surface area contributed by atoms with Gasteiger partial charge in [0.1, 0.15) is 11.2 Å². The third kappa shape index (κ3) is 5.82. The standard InChI is InChI=1S/C65H38N4O/c1-2-17-42-38-59-55(36-41(42)16-1)50-20-7-9-27-57(50)69(59)58-35-32-43(37-56(58)51-24-13-29-61-62(51)54-21-8-10-28-60(54)70-61)63-66-64(52-25-11-22-46-44-18-5-3-14-39(44)30-33-48(46)52)68-65(67-63)53-26-12-23-47-45-19-6-4-15-40(45)31-34-49(47)53/h1-38H. The van der Waals surface area contributed by atoms with E-state index in [0.29, 0.717) is 17.5 Å². The number of hydrogen-bond donors (Lipinski definition) is 0. The fraction of sp³-hybridized carbons (Fsp3) is 0. The zero-order valence-electron chi connectivity index (χ0n) is 37.6. The first-order valence-electron chi connectivity index (χ1n) is 23.8. The van der Waals surface area contributed by atoms with Crippen molar-refractivity contribution in [1.29, 1.82) is 0 Å². The van der Waals surface area contributed by atoms with E-state index in [-0.39, 0.29) is 0 Å². The highest BCUT2D eigenvalue weighted by atomic mass is 16.3. The Morgan fingerprint density at radius 1 is 0.286 bits per heavy atom. The van der Waals surface area contributed by atoms with Crippen LogP contribution in [0.3, 0.4) is 0 Å². The molecule has 0 saturated heterocycles. The Morgan fingerprint density at radius 3 is 1.51 bits per heavy atom. The molecule has 5 nitrogen and oxygen atoms in total. The van der Waals surface area contributed by atoms with Crippen LogP contribution in [0.15, 0.2) is 235 Å². The minimum absolute atomic E-state index is 0.584.